The monoisotopic (exact) mass is 379 g/mol. The van der Waals surface area contributed by atoms with Gasteiger partial charge in [-0.1, -0.05) is 58.0 Å². The van der Waals surface area contributed by atoms with Crippen molar-refractivity contribution in [1.82, 2.24) is 4.90 Å². The van der Waals surface area contributed by atoms with E-state index in [-0.39, 0.29) is 11.7 Å². The van der Waals surface area contributed by atoms with Crippen LogP contribution in [0.25, 0.3) is 0 Å². The maximum Gasteiger partial charge on any atom is 0.214 e. The van der Waals surface area contributed by atoms with Gasteiger partial charge in [-0.3, -0.25) is 14.7 Å². The normalized spacial score (nSPS) is 10.6. The maximum atomic E-state index is 10.6. The van der Waals surface area contributed by atoms with Crippen LogP contribution >= 0.6 is 0 Å². The molecule has 0 aromatic heterocycles. The van der Waals surface area contributed by atoms with E-state index in [2.05, 4.69) is 36.4 Å². The molecule has 5 nitrogen and oxygen atoms in total. The van der Waals surface area contributed by atoms with Crippen molar-refractivity contribution in [3.05, 3.63) is 35.9 Å². The Kier molecular flexibility index (Phi) is 24.3. The summed E-state index contributed by atoms with van der Waals surface area (Å²) in [4.78, 5) is 26.2. The highest BCUT2D eigenvalue weighted by atomic mass is 16.1. The molecule has 0 radical (unpaired) electrons. The van der Waals surface area contributed by atoms with Crippen LogP contribution in [0.3, 0.4) is 0 Å². The molecule has 2 N–H and O–H groups in total. The number of aryl methyl sites for hydroxylation is 1. The molecule has 5 heteroatoms. The van der Waals surface area contributed by atoms with Gasteiger partial charge < -0.3 is 10.5 Å². The van der Waals surface area contributed by atoms with Gasteiger partial charge in [-0.15, -0.1) is 0 Å². The summed E-state index contributed by atoms with van der Waals surface area (Å²) in [6, 6.07) is 10.5. The summed E-state index contributed by atoms with van der Waals surface area (Å²) in [5.41, 5.74) is 5.71. The minimum atomic E-state index is -0.333. The predicted octanol–water partition coefficient (Wildman–Crippen LogP) is 4.14. The van der Waals surface area contributed by atoms with Crippen LogP contribution in [0.15, 0.2) is 35.3 Å². The van der Waals surface area contributed by atoms with Crippen molar-refractivity contribution in [2.24, 2.45) is 10.7 Å². The third kappa shape index (κ3) is 24.0. The number of aliphatic imine (C=N–C) groups is 1. The fourth-order valence-corrected chi connectivity index (χ4v) is 2.07. The van der Waals surface area contributed by atoms with E-state index >= 15 is 0 Å². The van der Waals surface area contributed by atoms with Crippen LogP contribution in [0.2, 0.25) is 0 Å². The van der Waals surface area contributed by atoms with Crippen molar-refractivity contribution in [3.8, 4) is 0 Å². The van der Waals surface area contributed by atoms with Gasteiger partial charge in [0.1, 0.15) is 5.78 Å². The second kappa shape index (κ2) is 22.0. The van der Waals surface area contributed by atoms with Crippen molar-refractivity contribution in [2.75, 3.05) is 20.1 Å². The zero-order valence-corrected chi connectivity index (χ0v) is 18.7. The Balaban J connectivity index is -0.000000333. The number of nitrogens with two attached hydrogens (primary N) is 1. The molecule has 0 saturated heterocycles. The number of carbonyl (C=O) groups excluding carboxylic acids is 2. The first-order valence-corrected chi connectivity index (χ1v) is 9.74. The molecule has 1 aromatic carbocycles. The average molecular weight is 380 g/mol. The molecular formula is C22H41N3O2. The smallest absolute Gasteiger partial charge is 0.214 e. The molecule has 1 atom stereocenters. The molecule has 0 aliphatic heterocycles. The van der Waals surface area contributed by atoms with E-state index < -0.39 is 0 Å². The van der Waals surface area contributed by atoms with Crippen LogP contribution in [0.4, 0.5) is 0 Å². The fourth-order valence-electron chi connectivity index (χ4n) is 2.07. The van der Waals surface area contributed by atoms with E-state index in [1.165, 1.54) is 12.5 Å². The topological polar surface area (TPSA) is 75.8 Å². The molecule has 0 bridgehead atoms. The lowest BCUT2D eigenvalue weighted by molar-refractivity contribution is -0.117. The molecule has 27 heavy (non-hydrogen) atoms. The largest absolute Gasteiger partial charge is 0.370 e. The second-order valence-electron chi connectivity index (χ2n) is 5.67. The average Bonchev–Trinajstić information content (AvgIpc) is 2.64. The number of benzene rings is 1. The Bertz CT molecular complexity index is 480. The van der Waals surface area contributed by atoms with Gasteiger partial charge in [-0.05, 0) is 38.9 Å². The van der Waals surface area contributed by atoms with Crippen molar-refractivity contribution in [2.45, 2.75) is 67.3 Å². The van der Waals surface area contributed by atoms with Crippen molar-refractivity contribution in [1.29, 1.82) is 0 Å². The molecule has 1 unspecified atom stereocenters. The summed E-state index contributed by atoms with van der Waals surface area (Å²) in [6.07, 6.45) is 3.51. The molecule has 1 amide bonds. The first-order valence-electron chi connectivity index (χ1n) is 9.74. The second-order valence-corrected chi connectivity index (χ2v) is 5.67. The number of amides is 1. The maximum absolute atomic E-state index is 10.6. The van der Waals surface area contributed by atoms with Gasteiger partial charge in [0.15, 0.2) is 0 Å². The van der Waals surface area contributed by atoms with E-state index in [0.717, 1.165) is 19.5 Å². The van der Waals surface area contributed by atoms with Gasteiger partial charge in [0.2, 0.25) is 5.91 Å². The number of rotatable bonds is 7. The minimum Gasteiger partial charge on any atom is -0.370 e. The number of nitrogens with zero attached hydrogens (tertiary/aromatic N) is 2. The van der Waals surface area contributed by atoms with Crippen LogP contribution in [0.1, 0.15) is 60.5 Å². The summed E-state index contributed by atoms with van der Waals surface area (Å²) < 4.78 is 0. The fraction of sp³-hybridized carbons (Fsp3) is 0.591. The molecule has 0 heterocycles. The van der Waals surface area contributed by atoms with E-state index in [4.69, 9.17) is 0 Å². The number of ketones is 1. The van der Waals surface area contributed by atoms with Crippen molar-refractivity contribution in [3.63, 3.8) is 0 Å². The lowest BCUT2D eigenvalue weighted by atomic mass is 10.1. The third-order valence-corrected chi connectivity index (χ3v) is 3.36. The summed E-state index contributed by atoms with van der Waals surface area (Å²) >= 11 is 0. The van der Waals surface area contributed by atoms with Gasteiger partial charge in [0, 0.05) is 32.6 Å². The first-order chi connectivity index (χ1) is 12.8. The van der Waals surface area contributed by atoms with E-state index in [1.54, 1.807) is 6.92 Å². The Morgan fingerprint density at radius 3 is 1.89 bits per heavy atom. The summed E-state index contributed by atoms with van der Waals surface area (Å²) in [6.45, 7) is 15.6. The molecule has 0 saturated carbocycles. The van der Waals surface area contributed by atoms with E-state index in [0.29, 0.717) is 12.5 Å². The summed E-state index contributed by atoms with van der Waals surface area (Å²) in [7, 11) is 1.82. The molecule has 1 rings (SSSR count). The van der Waals surface area contributed by atoms with Gasteiger partial charge in [-0.25, -0.2) is 0 Å². The van der Waals surface area contributed by atoms with Crippen LogP contribution < -0.4 is 5.73 Å². The van der Waals surface area contributed by atoms with Crippen LogP contribution in [-0.2, 0) is 16.0 Å². The Morgan fingerprint density at radius 1 is 1.11 bits per heavy atom. The Morgan fingerprint density at radius 2 is 1.56 bits per heavy atom. The Hall–Kier alpha value is -2.01. The molecular weight excluding hydrogens is 338 g/mol. The predicted molar refractivity (Wildman–Crippen MR) is 118 cm³/mol. The van der Waals surface area contributed by atoms with Crippen LogP contribution in [0, 0.1) is 0 Å². The highest BCUT2D eigenvalue weighted by Crippen LogP contribution is 2.02. The molecule has 0 aliphatic carbocycles. The lowest BCUT2D eigenvalue weighted by Gasteiger charge is -2.22. The standard InChI is InChI=1S/C10H12O.C8H18N2.C2H5NO.C2H6/c1-9(11)7-8-10-5-3-2-4-6-10;1-5-10(6-2)8(3)7-9-4;1-2(3)4;1-2/h2-6H,7-8H2,1H3;7-8H,5-6H2,1-4H3;1H3,(H2,3,4);1-2H3. The summed E-state index contributed by atoms with van der Waals surface area (Å²) in [5, 5.41) is 0. The third-order valence-electron chi connectivity index (χ3n) is 3.36. The number of Topliss-reactive ketones (excluding diaryl/α,β-unsaturated/α-hetero) is 1. The number of primary amides is 1. The molecule has 1 aromatic rings. The quantitative estimate of drug-likeness (QED) is 0.723. The van der Waals surface area contributed by atoms with Crippen molar-refractivity contribution < 1.29 is 9.59 Å². The zero-order chi connectivity index (χ0) is 21.7. The van der Waals surface area contributed by atoms with E-state index in [1.807, 2.05) is 57.4 Å². The zero-order valence-electron chi connectivity index (χ0n) is 18.7. The minimum absolute atomic E-state index is 0.258. The van der Waals surface area contributed by atoms with Crippen molar-refractivity contribution >= 4 is 17.9 Å². The highest BCUT2D eigenvalue weighted by molar-refractivity contribution is 5.75. The molecule has 0 aliphatic rings. The van der Waals surface area contributed by atoms with Gasteiger partial charge >= 0.3 is 0 Å². The van der Waals surface area contributed by atoms with Gasteiger partial charge in [0.25, 0.3) is 0 Å². The Labute approximate surface area is 167 Å². The van der Waals surface area contributed by atoms with Crippen LogP contribution in [0.5, 0.6) is 0 Å². The van der Waals surface area contributed by atoms with Gasteiger partial charge in [-0.2, -0.15) is 0 Å². The van der Waals surface area contributed by atoms with Crippen LogP contribution in [-0.4, -0.2) is 49.0 Å². The number of hydrogen-bond acceptors (Lipinski definition) is 4. The first kappa shape index (κ1) is 29.7. The molecule has 156 valence electrons. The molecule has 0 spiro atoms. The molecule has 0 fully saturated rings. The van der Waals surface area contributed by atoms with E-state index in [9.17, 15) is 9.59 Å². The van der Waals surface area contributed by atoms with Gasteiger partial charge in [0.05, 0.1) is 0 Å². The number of carbonyl (C=O) groups is 2. The SMILES string of the molecule is CC.CC(=O)CCc1ccccc1.CC(N)=O.CCN(CC)C(C)C=NC. The summed E-state index contributed by atoms with van der Waals surface area (Å²) in [5.74, 6) is -0.0751. The highest BCUT2D eigenvalue weighted by Gasteiger charge is 2.04. The lowest BCUT2D eigenvalue weighted by Crippen LogP contribution is -2.33. The number of hydrogen-bond donors (Lipinski definition) is 1.